The molecule has 2 N–H and O–H groups in total. The van der Waals surface area contributed by atoms with Crippen molar-refractivity contribution < 1.29 is 15.0 Å². The number of rotatable bonds is 5. The Bertz CT molecular complexity index is 584. The molecule has 144 valence electrons. The van der Waals surface area contributed by atoms with Crippen LogP contribution in [0.25, 0.3) is 0 Å². The third-order valence-electron chi connectivity index (χ3n) is 5.84. The molecule has 3 rings (SSSR count). The minimum atomic E-state index is 0.0378. The summed E-state index contributed by atoms with van der Waals surface area (Å²) >= 11 is 0. The predicted molar refractivity (Wildman–Crippen MR) is 101 cm³/mol. The highest BCUT2D eigenvalue weighted by atomic mass is 16.3. The predicted octanol–water partition coefficient (Wildman–Crippen LogP) is 1.24. The van der Waals surface area contributed by atoms with Crippen LogP contribution in [-0.2, 0) is 0 Å². The summed E-state index contributed by atoms with van der Waals surface area (Å²) in [4.78, 5) is 19.7. The lowest BCUT2D eigenvalue weighted by molar-refractivity contribution is 0.0218. The van der Waals surface area contributed by atoms with Gasteiger partial charge < -0.3 is 20.0 Å². The van der Waals surface area contributed by atoms with Crippen LogP contribution in [0.5, 0.6) is 5.75 Å². The number of aliphatic hydroxyl groups is 1. The minimum absolute atomic E-state index is 0.0378. The fraction of sp³-hybridized carbons (Fsp3) is 0.650. The number of phenols is 1. The summed E-state index contributed by atoms with van der Waals surface area (Å²) in [7, 11) is 2.17. The number of piperazine rings is 1. The van der Waals surface area contributed by atoms with E-state index < -0.39 is 0 Å². The number of carbonyl (C=O) groups is 1. The molecule has 2 atom stereocenters. The SMILES string of the molecule is CN1CCN([C@H]2CCN(C(=O)c3ccc(O)cc3)C[C@H]2CCCO)CC1. The zero-order chi connectivity index (χ0) is 18.5. The van der Waals surface area contributed by atoms with Gasteiger partial charge in [-0.25, -0.2) is 0 Å². The number of carbonyl (C=O) groups excluding carboxylic acids is 1. The van der Waals surface area contributed by atoms with Crippen LogP contribution in [0.4, 0.5) is 0 Å². The van der Waals surface area contributed by atoms with E-state index in [1.807, 2.05) is 4.90 Å². The topological polar surface area (TPSA) is 67.2 Å². The molecule has 2 aliphatic heterocycles. The Balaban J connectivity index is 1.66. The molecule has 26 heavy (non-hydrogen) atoms. The smallest absolute Gasteiger partial charge is 0.253 e. The molecule has 2 heterocycles. The standard InChI is InChI=1S/C20H31N3O3/c1-21-10-12-22(13-11-21)19-8-9-23(15-17(19)3-2-14-24)20(26)16-4-6-18(25)7-5-16/h4-7,17,19,24-25H,2-3,8-15H2,1H3/t17-,19+/m1/s1. The lowest BCUT2D eigenvalue weighted by atomic mass is 9.86. The first-order chi connectivity index (χ1) is 12.6. The zero-order valence-corrected chi connectivity index (χ0v) is 15.7. The van der Waals surface area contributed by atoms with Crippen LogP contribution in [0.2, 0.25) is 0 Å². The molecular weight excluding hydrogens is 330 g/mol. The normalized spacial score (nSPS) is 25.4. The van der Waals surface area contributed by atoms with E-state index >= 15 is 0 Å². The number of benzene rings is 1. The van der Waals surface area contributed by atoms with Gasteiger partial charge in [-0.2, -0.15) is 0 Å². The molecule has 2 fully saturated rings. The molecule has 0 saturated carbocycles. The van der Waals surface area contributed by atoms with Crippen molar-refractivity contribution in [3.63, 3.8) is 0 Å². The van der Waals surface area contributed by atoms with Gasteiger partial charge in [0.1, 0.15) is 5.75 Å². The second kappa shape index (κ2) is 8.84. The average Bonchev–Trinajstić information content (AvgIpc) is 2.67. The van der Waals surface area contributed by atoms with Gasteiger partial charge in [0.2, 0.25) is 0 Å². The van der Waals surface area contributed by atoms with Gasteiger partial charge in [0, 0.05) is 57.5 Å². The van der Waals surface area contributed by atoms with Crippen molar-refractivity contribution in [3.05, 3.63) is 29.8 Å². The quantitative estimate of drug-likeness (QED) is 0.826. The van der Waals surface area contributed by atoms with Crippen LogP contribution < -0.4 is 0 Å². The molecule has 0 radical (unpaired) electrons. The highest BCUT2D eigenvalue weighted by molar-refractivity contribution is 5.94. The van der Waals surface area contributed by atoms with Gasteiger partial charge >= 0.3 is 0 Å². The first-order valence-corrected chi connectivity index (χ1v) is 9.70. The van der Waals surface area contributed by atoms with E-state index in [1.165, 1.54) is 0 Å². The van der Waals surface area contributed by atoms with Gasteiger partial charge in [0.15, 0.2) is 0 Å². The van der Waals surface area contributed by atoms with Crippen LogP contribution in [0, 0.1) is 5.92 Å². The van der Waals surface area contributed by atoms with Gasteiger partial charge in [-0.1, -0.05) is 0 Å². The Labute approximate surface area is 156 Å². The number of likely N-dealkylation sites (N-methyl/N-ethyl adjacent to an activating group) is 1. The van der Waals surface area contributed by atoms with Crippen LogP contribution in [-0.4, -0.2) is 89.8 Å². The van der Waals surface area contributed by atoms with Crippen molar-refractivity contribution in [2.24, 2.45) is 5.92 Å². The van der Waals surface area contributed by atoms with Crippen molar-refractivity contribution in [2.75, 3.05) is 52.9 Å². The molecule has 2 saturated heterocycles. The van der Waals surface area contributed by atoms with Gasteiger partial charge in [-0.15, -0.1) is 0 Å². The van der Waals surface area contributed by atoms with E-state index in [2.05, 4.69) is 16.8 Å². The largest absolute Gasteiger partial charge is 0.508 e. The summed E-state index contributed by atoms with van der Waals surface area (Å²) < 4.78 is 0. The van der Waals surface area contributed by atoms with Gasteiger partial charge in [0.05, 0.1) is 0 Å². The van der Waals surface area contributed by atoms with Crippen molar-refractivity contribution in [1.29, 1.82) is 0 Å². The first kappa shape index (κ1) is 19.1. The number of aliphatic hydroxyl groups excluding tert-OH is 1. The molecule has 0 unspecified atom stereocenters. The molecule has 1 aromatic carbocycles. The van der Waals surface area contributed by atoms with Gasteiger partial charge in [0.25, 0.3) is 5.91 Å². The molecule has 1 aromatic rings. The maximum absolute atomic E-state index is 12.8. The van der Waals surface area contributed by atoms with E-state index in [9.17, 15) is 15.0 Å². The molecule has 1 amide bonds. The highest BCUT2D eigenvalue weighted by Gasteiger charge is 2.35. The Morgan fingerprint density at radius 1 is 1.12 bits per heavy atom. The number of hydrogen-bond donors (Lipinski definition) is 2. The third kappa shape index (κ3) is 4.55. The average molecular weight is 361 g/mol. The van der Waals surface area contributed by atoms with Crippen molar-refractivity contribution in [2.45, 2.75) is 25.3 Å². The van der Waals surface area contributed by atoms with Crippen LogP contribution in [0.1, 0.15) is 29.6 Å². The van der Waals surface area contributed by atoms with E-state index in [1.54, 1.807) is 24.3 Å². The van der Waals surface area contributed by atoms with Crippen LogP contribution in [0.15, 0.2) is 24.3 Å². The lowest BCUT2D eigenvalue weighted by Crippen LogP contribution is -2.56. The maximum Gasteiger partial charge on any atom is 0.253 e. The van der Waals surface area contributed by atoms with Crippen molar-refractivity contribution >= 4 is 5.91 Å². The van der Waals surface area contributed by atoms with Gasteiger partial charge in [-0.05, 0) is 56.5 Å². The van der Waals surface area contributed by atoms with E-state index in [-0.39, 0.29) is 18.3 Å². The maximum atomic E-state index is 12.8. The van der Waals surface area contributed by atoms with Crippen LogP contribution in [0.3, 0.4) is 0 Å². The molecule has 0 spiro atoms. The number of aromatic hydroxyl groups is 1. The second-order valence-electron chi connectivity index (χ2n) is 7.62. The second-order valence-corrected chi connectivity index (χ2v) is 7.62. The summed E-state index contributed by atoms with van der Waals surface area (Å²) in [5, 5.41) is 18.7. The number of likely N-dealkylation sites (tertiary alicyclic amines) is 1. The Morgan fingerprint density at radius 3 is 2.46 bits per heavy atom. The Morgan fingerprint density at radius 2 is 1.81 bits per heavy atom. The molecule has 0 aromatic heterocycles. The number of amides is 1. The Hall–Kier alpha value is -1.63. The third-order valence-corrected chi connectivity index (χ3v) is 5.84. The van der Waals surface area contributed by atoms with Gasteiger partial charge in [-0.3, -0.25) is 9.69 Å². The van der Waals surface area contributed by atoms with Crippen LogP contribution >= 0.6 is 0 Å². The molecule has 2 aliphatic rings. The monoisotopic (exact) mass is 361 g/mol. The molecule has 0 bridgehead atoms. The Kier molecular flexibility index (Phi) is 6.51. The highest BCUT2D eigenvalue weighted by Crippen LogP contribution is 2.28. The molecule has 6 heteroatoms. The summed E-state index contributed by atoms with van der Waals surface area (Å²) in [5.74, 6) is 0.618. The van der Waals surface area contributed by atoms with E-state index in [4.69, 9.17) is 0 Å². The number of hydrogen-bond acceptors (Lipinski definition) is 5. The molecule has 0 aliphatic carbocycles. The van der Waals surface area contributed by atoms with Crippen molar-refractivity contribution in [3.8, 4) is 5.75 Å². The summed E-state index contributed by atoms with van der Waals surface area (Å²) in [6.07, 6.45) is 2.73. The summed E-state index contributed by atoms with van der Waals surface area (Å²) in [6, 6.07) is 7.00. The minimum Gasteiger partial charge on any atom is -0.508 e. The lowest BCUT2D eigenvalue weighted by Gasteiger charge is -2.46. The number of phenolic OH excluding ortho intramolecular Hbond substituents is 1. The van der Waals surface area contributed by atoms with E-state index in [0.29, 0.717) is 17.5 Å². The number of nitrogens with zero attached hydrogens (tertiary/aromatic N) is 3. The number of piperidine rings is 1. The van der Waals surface area contributed by atoms with Crippen molar-refractivity contribution in [1.82, 2.24) is 14.7 Å². The fourth-order valence-corrected chi connectivity index (χ4v) is 4.26. The van der Waals surface area contributed by atoms with E-state index in [0.717, 1.165) is 58.5 Å². The molecule has 6 nitrogen and oxygen atoms in total. The zero-order valence-electron chi connectivity index (χ0n) is 15.7. The molecular formula is C20H31N3O3. The fourth-order valence-electron chi connectivity index (χ4n) is 4.26. The first-order valence-electron chi connectivity index (χ1n) is 9.70. The summed E-state index contributed by atoms with van der Waals surface area (Å²) in [6.45, 7) is 6.09. The summed E-state index contributed by atoms with van der Waals surface area (Å²) in [5.41, 5.74) is 0.627.